The van der Waals surface area contributed by atoms with Gasteiger partial charge >= 0.3 is 11.9 Å². The molecular formula is C31H32O8. The number of phenolic OH excluding ortho intramolecular Hbond substituents is 1. The van der Waals surface area contributed by atoms with Gasteiger partial charge in [-0.1, -0.05) is 66.7 Å². The van der Waals surface area contributed by atoms with Gasteiger partial charge in [0.15, 0.2) is 17.3 Å². The standard InChI is InChI=1S/C31H32O8/c1-3-37-25-16-22(14-15-23(25)32)26-27(29(34)38-18-20-10-6-4-7-11-20)24(33)17-31(2,36)28(26)30(35)39-19-21-12-8-5-9-13-21/h4-16,26-28,32,36H,3,17-19H2,1-2H3/t26-,27-,28+,31+/m1/s1. The number of carbonyl (C=O) groups is 3. The van der Waals surface area contributed by atoms with E-state index < -0.39 is 47.5 Å². The number of ketones is 1. The van der Waals surface area contributed by atoms with Crippen molar-refractivity contribution >= 4 is 17.7 Å². The van der Waals surface area contributed by atoms with Crippen LogP contribution in [-0.2, 0) is 37.1 Å². The number of ether oxygens (including phenoxy) is 3. The molecule has 204 valence electrons. The maximum atomic E-state index is 13.6. The first-order valence-electron chi connectivity index (χ1n) is 12.8. The number of esters is 2. The summed E-state index contributed by atoms with van der Waals surface area (Å²) in [5.74, 6) is -5.94. The molecule has 0 aliphatic heterocycles. The molecule has 1 aliphatic rings. The molecule has 0 unspecified atom stereocenters. The van der Waals surface area contributed by atoms with E-state index in [-0.39, 0.29) is 31.3 Å². The van der Waals surface area contributed by atoms with Crippen LogP contribution in [0.25, 0.3) is 0 Å². The van der Waals surface area contributed by atoms with Crippen LogP contribution in [0.2, 0.25) is 0 Å². The molecule has 8 heteroatoms. The Morgan fingerprint density at radius 3 is 2.03 bits per heavy atom. The molecule has 1 fully saturated rings. The molecule has 1 aliphatic carbocycles. The van der Waals surface area contributed by atoms with Crippen LogP contribution in [-0.4, -0.2) is 40.1 Å². The Kier molecular flexibility index (Phi) is 8.66. The summed E-state index contributed by atoms with van der Waals surface area (Å²) in [5.41, 5.74) is 0.0266. The molecule has 2 N–H and O–H groups in total. The number of hydrogen-bond donors (Lipinski definition) is 2. The summed E-state index contributed by atoms with van der Waals surface area (Å²) in [4.78, 5) is 40.4. The molecular weight excluding hydrogens is 500 g/mol. The van der Waals surface area contributed by atoms with Crippen molar-refractivity contribution in [2.75, 3.05) is 6.61 Å². The van der Waals surface area contributed by atoms with Gasteiger partial charge in [0, 0.05) is 12.3 Å². The lowest BCUT2D eigenvalue weighted by Gasteiger charge is -2.43. The number of rotatable bonds is 9. The summed E-state index contributed by atoms with van der Waals surface area (Å²) >= 11 is 0. The van der Waals surface area contributed by atoms with Crippen molar-refractivity contribution in [3.05, 3.63) is 95.6 Å². The van der Waals surface area contributed by atoms with Crippen molar-refractivity contribution in [2.45, 2.75) is 45.0 Å². The largest absolute Gasteiger partial charge is 0.504 e. The third kappa shape index (κ3) is 6.46. The van der Waals surface area contributed by atoms with Crippen LogP contribution < -0.4 is 4.74 Å². The predicted molar refractivity (Wildman–Crippen MR) is 142 cm³/mol. The maximum Gasteiger partial charge on any atom is 0.317 e. The minimum atomic E-state index is -1.81. The van der Waals surface area contributed by atoms with Crippen molar-refractivity contribution in [1.82, 2.24) is 0 Å². The zero-order valence-corrected chi connectivity index (χ0v) is 21.9. The van der Waals surface area contributed by atoms with Gasteiger partial charge in [0.2, 0.25) is 0 Å². The topological polar surface area (TPSA) is 119 Å². The molecule has 4 atom stereocenters. The second kappa shape index (κ2) is 12.1. The Labute approximate surface area is 227 Å². The normalized spacial score (nSPS) is 22.6. The van der Waals surface area contributed by atoms with Crippen molar-refractivity contribution in [1.29, 1.82) is 0 Å². The second-order valence-electron chi connectivity index (χ2n) is 9.83. The molecule has 0 aromatic heterocycles. The molecule has 0 amide bonds. The van der Waals surface area contributed by atoms with Gasteiger partial charge in [-0.3, -0.25) is 14.4 Å². The fourth-order valence-electron chi connectivity index (χ4n) is 5.06. The second-order valence-corrected chi connectivity index (χ2v) is 9.83. The molecule has 0 heterocycles. The summed E-state index contributed by atoms with van der Waals surface area (Å²) in [5, 5.41) is 21.6. The van der Waals surface area contributed by atoms with Gasteiger partial charge in [-0.2, -0.15) is 0 Å². The summed E-state index contributed by atoms with van der Waals surface area (Å²) in [6, 6.07) is 22.4. The lowest BCUT2D eigenvalue weighted by Crippen LogP contribution is -2.55. The first kappa shape index (κ1) is 27.9. The first-order valence-corrected chi connectivity index (χ1v) is 12.8. The van der Waals surface area contributed by atoms with Crippen molar-refractivity contribution in [3.63, 3.8) is 0 Å². The predicted octanol–water partition coefficient (Wildman–Crippen LogP) is 4.32. The SMILES string of the molecule is CCOc1cc([C@@H]2[C@H](C(=O)OCc3ccccc3)C(=O)C[C@](C)(O)[C@@H]2C(=O)OCc2ccccc2)ccc1O. The molecule has 1 saturated carbocycles. The van der Waals surface area contributed by atoms with E-state index in [0.717, 1.165) is 11.1 Å². The molecule has 0 spiro atoms. The number of phenols is 1. The van der Waals surface area contributed by atoms with E-state index in [1.807, 2.05) is 24.3 Å². The Bertz CT molecular complexity index is 1300. The Balaban J connectivity index is 1.71. The van der Waals surface area contributed by atoms with Crippen LogP contribution in [0.5, 0.6) is 11.5 Å². The van der Waals surface area contributed by atoms with Gasteiger partial charge in [-0.25, -0.2) is 0 Å². The number of aliphatic hydroxyl groups is 1. The highest BCUT2D eigenvalue weighted by Gasteiger charge is 2.57. The van der Waals surface area contributed by atoms with Crippen LogP contribution in [0, 0.1) is 11.8 Å². The molecule has 3 aromatic carbocycles. The van der Waals surface area contributed by atoms with Crippen LogP contribution in [0.15, 0.2) is 78.9 Å². The number of hydrogen-bond acceptors (Lipinski definition) is 8. The Morgan fingerprint density at radius 1 is 0.897 bits per heavy atom. The summed E-state index contributed by atoms with van der Waals surface area (Å²) in [6.45, 7) is 3.28. The number of benzene rings is 3. The zero-order valence-electron chi connectivity index (χ0n) is 21.9. The molecule has 3 aromatic rings. The third-order valence-electron chi connectivity index (χ3n) is 6.89. The monoisotopic (exact) mass is 532 g/mol. The zero-order chi connectivity index (χ0) is 28.0. The molecule has 0 bridgehead atoms. The Hall–Kier alpha value is -4.17. The Morgan fingerprint density at radius 2 is 1.46 bits per heavy atom. The third-order valence-corrected chi connectivity index (χ3v) is 6.89. The van der Waals surface area contributed by atoms with Crippen molar-refractivity contribution in [3.8, 4) is 11.5 Å². The van der Waals surface area contributed by atoms with E-state index in [4.69, 9.17) is 14.2 Å². The number of carbonyl (C=O) groups excluding carboxylic acids is 3. The number of Topliss-reactive ketones (excluding diaryl/α,β-unsaturated/α-hetero) is 1. The molecule has 8 nitrogen and oxygen atoms in total. The van der Waals surface area contributed by atoms with E-state index in [0.29, 0.717) is 5.56 Å². The molecule has 0 saturated heterocycles. The lowest BCUT2D eigenvalue weighted by molar-refractivity contribution is -0.174. The fourth-order valence-corrected chi connectivity index (χ4v) is 5.06. The van der Waals surface area contributed by atoms with Crippen molar-refractivity contribution in [2.24, 2.45) is 11.8 Å². The van der Waals surface area contributed by atoms with E-state index in [1.54, 1.807) is 43.3 Å². The summed E-state index contributed by atoms with van der Waals surface area (Å²) in [6.07, 6.45) is -0.434. The average Bonchev–Trinajstić information content (AvgIpc) is 2.92. The lowest BCUT2D eigenvalue weighted by atomic mass is 9.61. The first-order chi connectivity index (χ1) is 18.7. The van der Waals surface area contributed by atoms with Gasteiger partial charge in [-0.15, -0.1) is 0 Å². The highest BCUT2D eigenvalue weighted by molar-refractivity contribution is 6.02. The van der Waals surface area contributed by atoms with Crippen LogP contribution in [0.4, 0.5) is 0 Å². The minimum Gasteiger partial charge on any atom is -0.504 e. The molecule has 4 rings (SSSR count). The number of aromatic hydroxyl groups is 1. The molecule has 0 radical (unpaired) electrons. The highest BCUT2D eigenvalue weighted by atomic mass is 16.5. The van der Waals surface area contributed by atoms with Crippen LogP contribution in [0.3, 0.4) is 0 Å². The van der Waals surface area contributed by atoms with Crippen molar-refractivity contribution < 1.29 is 38.8 Å². The van der Waals surface area contributed by atoms with E-state index >= 15 is 0 Å². The minimum absolute atomic E-state index is 0.0458. The smallest absolute Gasteiger partial charge is 0.317 e. The highest BCUT2D eigenvalue weighted by Crippen LogP contribution is 2.48. The van der Waals surface area contributed by atoms with Gasteiger partial charge in [-0.05, 0) is 42.7 Å². The van der Waals surface area contributed by atoms with E-state index in [1.165, 1.54) is 25.1 Å². The summed E-state index contributed by atoms with van der Waals surface area (Å²) in [7, 11) is 0. The van der Waals surface area contributed by atoms with E-state index in [2.05, 4.69) is 0 Å². The van der Waals surface area contributed by atoms with E-state index in [9.17, 15) is 24.6 Å². The van der Waals surface area contributed by atoms with Gasteiger partial charge in [0.25, 0.3) is 0 Å². The van der Waals surface area contributed by atoms with Gasteiger partial charge in [0.05, 0.1) is 18.1 Å². The van der Waals surface area contributed by atoms with Crippen LogP contribution in [0.1, 0.15) is 42.9 Å². The van der Waals surface area contributed by atoms with Gasteiger partial charge < -0.3 is 24.4 Å². The average molecular weight is 533 g/mol. The quantitative estimate of drug-likeness (QED) is 0.309. The maximum absolute atomic E-state index is 13.6. The molecule has 39 heavy (non-hydrogen) atoms. The summed E-state index contributed by atoms with van der Waals surface area (Å²) < 4.78 is 16.7. The van der Waals surface area contributed by atoms with Gasteiger partial charge in [0.1, 0.15) is 19.1 Å². The van der Waals surface area contributed by atoms with Crippen LogP contribution >= 0.6 is 0 Å². The fraction of sp³-hybridized carbons (Fsp3) is 0.323.